The molecule has 3 heterocycles. The number of rotatable bonds is 5. The van der Waals surface area contributed by atoms with Gasteiger partial charge in [-0.1, -0.05) is 12.1 Å². The molecule has 0 radical (unpaired) electrons. The zero-order valence-corrected chi connectivity index (χ0v) is 19.1. The van der Waals surface area contributed by atoms with E-state index in [-0.39, 0.29) is 17.4 Å². The van der Waals surface area contributed by atoms with Crippen LogP contribution in [0.4, 0.5) is 10.5 Å². The zero-order valence-electron chi connectivity index (χ0n) is 19.1. The average molecular weight is 424 g/mol. The molecule has 0 atom stereocenters. The maximum absolute atomic E-state index is 12.8. The number of nitrogens with zero attached hydrogens (tertiary/aromatic N) is 5. The van der Waals surface area contributed by atoms with Crippen molar-refractivity contribution in [2.24, 2.45) is 0 Å². The molecular formula is C24H33N5O2. The van der Waals surface area contributed by atoms with E-state index in [1.54, 1.807) is 12.3 Å². The summed E-state index contributed by atoms with van der Waals surface area (Å²) >= 11 is 0. The zero-order chi connectivity index (χ0) is 22.2. The molecule has 0 N–H and O–H groups in total. The van der Waals surface area contributed by atoms with Crippen molar-refractivity contribution < 1.29 is 9.59 Å². The number of hydrogen-bond donors (Lipinski definition) is 0. The van der Waals surface area contributed by atoms with Gasteiger partial charge in [-0.3, -0.25) is 9.69 Å². The van der Waals surface area contributed by atoms with Gasteiger partial charge in [0.25, 0.3) is 0 Å². The van der Waals surface area contributed by atoms with Crippen LogP contribution in [0.2, 0.25) is 0 Å². The lowest BCUT2D eigenvalue weighted by molar-refractivity contribution is 0.0585. The van der Waals surface area contributed by atoms with Crippen molar-refractivity contribution in [1.29, 1.82) is 0 Å². The number of likely N-dealkylation sites (tertiary alicyclic amines) is 1. The van der Waals surface area contributed by atoms with E-state index < -0.39 is 0 Å². The van der Waals surface area contributed by atoms with Gasteiger partial charge in [0.05, 0.1) is 0 Å². The Bertz CT molecular complexity index is 970. The third-order valence-electron chi connectivity index (χ3n) is 7.02. The van der Waals surface area contributed by atoms with Crippen LogP contribution in [0.3, 0.4) is 0 Å². The van der Waals surface area contributed by atoms with Gasteiger partial charge in [0.2, 0.25) is 0 Å². The van der Waals surface area contributed by atoms with Crippen LogP contribution in [-0.2, 0) is 6.54 Å². The minimum Gasteiger partial charge on any atom is -0.371 e. The van der Waals surface area contributed by atoms with E-state index in [9.17, 15) is 9.59 Å². The van der Waals surface area contributed by atoms with Crippen molar-refractivity contribution >= 4 is 17.5 Å². The molecule has 1 aromatic heterocycles. The van der Waals surface area contributed by atoms with Crippen LogP contribution in [0.5, 0.6) is 0 Å². The summed E-state index contributed by atoms with van der Waals surface area (Å²) in [5.74, 6) is -0.131. The first-order chi connectivity index (χ1) is 14.8. The number of anilines is 1. The Morgan fingerprint density at radius 3 is 2.42 bits per heavy atom. The predicted octanol–water partition coefficient (Wildman–Crippen LogP) is 3.56. The van der Waals surface area contributed by atoms with Crippen molar-refractivity contribution in [3.8, 4) is 0 Å². The van der Waals surface area contributed by atoms with Crippen LogP contribution in [0.1, 0.15) is 54.7 Å². The molecule has 2 saturated heterocycles. The Hall–Kier alpha value is -2.67. The maximum Gasteiger partial charge on any atom is 0.344 e. The standard InChI is InChI=1S/C24H33N5O2/c1-18-6-7-20(22(16-18)27-11-5-12-27)17-26(4)24(3)9-14-28(15-10-24)23(31)29-13-8-21(25-29)19(2)30/h6-8,13,16H,5,9-12,14-15,17H2,1-4H3. The first kappa shape index (κ1) is 21.6. The molecule has 0 aliphatic carbocycles. The number of Topliss-reactive ketones (excluding diaryl/α,β-unsaturated/α-hetero) is 1. The molecular weight excluding hydrogens is 390 g/mol. The lowest BCUT2D eigenvalue weighted by atomic mass is 9.87. The summed E-state index contributed by atoms with van der Waals surface area (Å²) in [5, 5.41) is 4.12. The van der Waals surface area contributed by atoms with Crippen LogP contribution in [0, 0.1) is 6.92 Å². The fourth-order valence-electron chi connectivity index (χ4n) is 4.43. The molecule has 166 valence electrons. The summed E-state index contributed by atoms with van der Waals surface area (Å²) in [6, 6.07) is 8.22. The van der Waals surface area contributed by atoms with E-state index in [2.05, 4.69) is 54.0 Å². The van der Waals surface area contributed by atoms with E-state index in [0.717, 1.165) is 32.5 Å². The lowest BCUT2D eigenvalue weighted by Gasteiger charge is -2.45. The van der Waals surface area contributed by atoms with E-state index in [1.807, 2.05) is 4.90 Å². The normalized spacial score (nSPS) is 18.2. The van der Waals surface area contributed by atoms with Gasteiger partial charge >= 0.3 is 6.03 Å². The van der Waals surface area contributed by atoms with Crippen molar-refractivity contribution in [2.75, 3.05) is 38.1 Å². The molecule has 0 unspecified atom stereocenters. The van der Waals surface area contributed by atoms with Crippen molar-refractivity contribution in [3.05, 3.63) is 47.3 Å². The highest BCUT2D eigenvalue weighted by Crippen LogP contribution is 2.32. The SMILES string of the molecule is CC(=O)c1ccn(C(=O)N2CCC(C)(N(C)Cc3ccc(C)cc3N3CCC3)CC2)n1. The monoisotopic (exact) mass is 423 g/mol. The van der Waals surface area contributed by atoms with Crippen LogP contribution in [0.25, 0.3) is 0 Å². The smallest absolute Gasteiger partial charge is 0.344 e. The molecule has 2 aliphatic rings. The molecule has 2 fully saturated rings. The molecule has 0 saturated carbocycles. The number of ketones is 1. The molecule has 0 bridgehead atoms. The third kappa shape index (κ3) is 4.37. The summed E-state index contributed by atoms with van der Waals surface area (Å²) in [6.45, 7) is 10.5. The first-order valence-electron chi connectivity index (χ1n) is 11.2. The van der Waals surface area contributed by atoms with Crippen LogP contribution >= 0.6 is 0 Å². The molecule has 1 amide bonds. The second-order valence-corrected chi connectivity index (χ2v) is 9.30. The second kappa shape index (κ2) is 8.46. The molecule has 4 rings (SSSR count). The van der Waals surface area contributed by atoms with Gasteiger partial charge in [-0.05, 0) is 63.4 Å². The van der Waals surface area contributed by atoms with Gasteiger partial charge in [0.1, 0.15) is 5.69 Å². The fraction of sp³-hybridized carbons (Fsp3) is 0.542. The topological polar surface area (TPSA) is 61.7 Å². The minimum absolute atomic E-state index is 0.0303. The number of piperidine rings is 1. The second-order valence-electron chi connectivity index (χ2n) is 9.30. The Kier molecular flexibility index (Phi) is 5.88. The van der Waals surface area contributed by atoms with Gasteiger partial charge in [0, 0.05) is 57.1 Å². The summed E-state index contributed by atoms with van der Waals surface area (Å²) in [6.07, 6.45) is 4.66. The van der Waals surface area contributed by atoms with Crippen LogP contribution in [-0.4, -0.2) is 70.2 Å². The van der Waals surface area contributed by atoms with E-state index in [0.29, 0.717) is 18.8 Å². The molecule has 2 aliphatic heterocycles. The summed E-state index contributed by atoms with van der Waals surface area (Å²) in [4.78, 5) is 31.0. The number of amides is 1. The number of carbonyl (C=O) groups excluding carboxylic acids is 2. The highest BCUT2D eigenvalue weighted by molar-refractivity contribution is 5.92. The van der Waals surface area contributed by atoms with Crippen LogP contribution < -0.4 is 4.90 Å². The maximum atomic E-state index is 12.8. The number of hydrogen-bond acceptors (Lipinski definition) is 5. The van der Waals surface area contributed by atoms with Gasteiger partial charge in [0.15, 0.2) is 5.78 Å². The minimum atomic E-state index is -0.157. The van der Waals surface area contributed by atoms with E-state index in [4.69, 9.17) is 0 Å². The quantitative estimate of drug-likeness (QED) is 0.688. The van der Waals surface area contributed by atoms with Crippen molar-refractivity contribution in [1.82, 2.24) is 19.6 Å². The highest BCUT2D eigenvalue weighted by Gasteiger charge is 2.36. The molecule has 1 aromatic carbocycles. The summed E-state index contributed by atoms with van der Waals surface area (Å²) < 4.78 is 1.29. The van der Waals surface area contributed by atoms with Gasteiger partial charge in [-0.15, -0.1) is 0 Å². The van der Waals surface area contributed by atoms with E-state index >= 15 is 0 Å². The van der Waals surface area contributed by atoms with Gasteiger partial charge in [-0.2, -0.15) is 9.78 Å². The summed E-state index contributed by atoms with van der Waals surface area (Å²) in [7, 11) is 2.20. The highest BCUT2D eigenvalue weighted by atomic mass is 16.2. The van der Waals surface area contributed by atoms with Crippen LogP contribution in [0.15, 0.2) is 30.5 Å². The Balaban J connectivity index is 1.40. The van der Waals surface area contributed by atoms with Gasteiger partial charge in [-0.25, -0.2) is 4.79 Å². The van der Waals surface area contributed by atoms with E-state index in [1.165, 1.54) is 34.8 Å². The fourth-order valence-corrected chi connectivity index (χ4v) is 4.43. The Morgan fingerprint density at radius 2 is 1.84 bits per heavy atom. The number of carbonyl (C=O) groups is 2. The molecule has 7 nitrogen and oxygen atoms in total. The van der Waals surface area contributed by atoms with Crippen molar-refractivity contribution in [3.63, 3.8) is 0 Å². The van der Waals surface area contributed by atoms with Gasteiger partial charge < -0.3 is 9.80 Å². The Morgan fingerprint density at radius 1 is 1.13 bits per heavy atom. The Labute approximate surface area is 184 Å². The molecule has 0 spiro atoms. The largest absolute Gasteiger partial charge is 0.371 e. The molecule has 2 aromatic rings. The summed E-state index contributed by atoms with van der Waals surface area (Å²) in [5.41, 5.74) is 4.40. The number of benzene rings is 1. The molecule has 7 heteroatoms. The lowest BCUT2D eigenvalue weighted by Crippen LogP contribution is -2.53. The van der Waals surface area contributed by atoms with Crippen molar-refractivity contribution in [2.45, 2.75) is 52.1 Å². The number of aromatic nitrogens is 2. The number of aryl methyl sites for hydroxylation is 1. The predicted molar refractivity (Wildman–Crippen MR) is 122 cm³/mol. The average Bonchev–Trinajstić information content (AvgIpc) is 3.19. The third-order valence-corrected chi connectivity index (χ3v) is 7.02. The first-order valence-corrected chi connectivity index (χ1v) is 11.2. The molecule has 31 heavy (non-hydrogen) atoms.